The summed E-state index contributed by atoms with van der Waals surface area (Å²) in [6.45, 7) is 2.26. The van der Waals surface area contributed by atoms with Crippen LogP contribution in [0.15, 0.2) is 48.5 Å². The van der Waals surface area contributed by atoms with E-state index in [-0.39, 0.29) is 5.69 Å². The zero-order valence-electron chi connectivity index (χ0n) is 14.5. The van der Waals surface area contributed by atoms with Crippen LogP contribution in [-0.4, -0.2) is 22.0 Å². The molecule has 0 aliphatic heterocycles. The van der Waals surface area contributed by atoms with Crippen LogP contribution < -0.4 is 5.73 Å². The number of fused-ring (bicyclic) bond motifs is 1. The number of nitrogens with zero attached hydrogens (tertiary/aromatic N) is 2. The lowest BCUT2D eigenvalue weighted by Gasteiger charge is -2.19. The third-order valence-electron chi connectivity index (χ3n) is 4.38. The summed E-state index contributed by atoms with van der Waals surface area (Å²) in [5.74, 6) is -0.551. The van der Waals surface area contributed by atoms with Crippen molar-refractivity contribution in [1.29, 1.82) is 0 Å². The van der Waals surface area contributed by atoms with Crippen molar-refractivity contribution in [2.45, 2.75) is 13.0 Å². The standard InChI is InChI=1S/C19H19N3O4/c1-3-26-18(12-8-10-13(11-9-12)22(24)25)16-14-6-4-5-7-15(14)21(2)17(16)19(20)23/h4-11,18H,3H2,1-2H3,(H2,20,23). The SMILES string of the molecule is CCOC(c1ccc([N+](=O)[O-])cc1)c1c(C(N)=O)n(C)c2ccccc12. The minimum atomic E-state index is -0.561. The molecule has 0 radical (unpaired) electrons. The molecule has 26 heavy (non-hydrogen) atoms. The van der Waals surface area contributed by atoms with E-state index in [0.29, 0.717) is 17.9 Å². The minimum absolute atomic E-state index is 0.00274. The Morgan fingerprint density at radius 2 is 1.88 bits per heavy atom. The maximum absolute atomic E-state index is 12.2. The smallest absolute Gasteiger partial charge is 0.269 e. The number of nitro benzene ring substituents is 1. The summed E-state index contributed by atoms with van der Waals surface area (Å²) < 4.78 is 7.69. The Labute approximate surface area is 150 Å². The Bertz CT molecular complexity index is 976. The number of primary amides is 1. The van der Waals surface area contributed by atoms with Gasteiger partial charge in [-0.25, -0.2) is 0 Å². The number of aromatic nitrogens is 1. The van der Waals surface area contributed by atoms with Gasteiger partial charge in [0.05, 0.1) is 4.92 Å². The number of nitrogens with two attached hydrogens (primary N) is 1. The highest BCUT2D eigenvalue weighted by molar-refractivity contribution is 6.01. The van der Waals surface area contributed by atoms with Gasteiger partial charge in [0.2, 0.25) is 0 Å². The Morgan fingerprint density at radius 1 is 1.23 bits per heavy atom. The van der Waals surface area contributed by atoms with Gasteiger partial charge in [-0.3, -0.25) is 14.9 Å². The maximum Gasteiger partial charge on any atom is 0.269 e. The van der Waals surface area contributed by atoms with Crippen molar-refractivity contribution < 1.29 is 14.5 Å². The minimum Gasteiger partial charge on any atom is -0.369 e. The third kappa shape index (κ3) is 2.93. The predicted octanol–water partition coefficient (Wildman–Crippen LogP) is 3.31. The molecule has 3 aromatic rings. The van der Waals surface area contributed by atoms with Gasteiger partial charge in [-0.05, 0) is 30.7 Å². The van der Waals surface area contributed by atoms with Crippen molar-refractivity contribution in [3.63, 3.8) is 0 Å². The second kappa shape index (κ2) is 6.97. The van der Waals surface area contributed by atoms with E-state index in [1.165, 1.54) is 12.1 Å². The molecule has 0 spiro atoms. The van der Waals surface area contributed by atoms with Gasteiger partial charge in [-0.15, -0.1) is 0 Å². The van der Waals surface area contributed by atoms with E-state index >= 15 is 0 Å². The summed E-state index contributed by atoms with van der Waals surface area (Å²) in [6.07, 6.45) is -0.561. The summed E-state index contributed by atoms with van der Waals surface area (Å²) in [5.41, 5.74) is 8.27. The first-order valence-corrected chi connectivity index (χ1v) is 8.18. The zero-order chi connectivity index (χ0) is 18.8. The molecule has 0 aliphatic carbocycles. The molecule has 3 rings (SSSR count). The quantitative estimate of drug-likeness (QED) is 0.542. The highest BCUT2D eigenvalue weighted by Crippen LogP contribution is 2.36. The molecule has 0 bridgehead atoms. The zero-order valence-corrected chi connectivity index (χ0v) is 14.5. The number of carbonyl (C=O) groups excluding carboxylic acids is 1. The average Bonchev–Trinajstić information content (AvgIpc) is 2.93. The van der Waals surface area contributed by atoms with E-state index < -0.39 is 16.9 Å². The first-order chi connectivity index (χ1) is 12.5. The molecular formula is C19H19N3O4. The maximum atomic E-state index is 12.2. The van der Waals surface area contributed by atoms with Crippen molar-refractivity contribution in [3.05, 3.63) is 75.5 Å². The van der Waals surface area contributed by atoms with Gasteiger partial charge in [-0.1, -0.05) is 18.2 Å². The first kappa shape index (κ1) is 17.6. The van der Waals surface area contributed by atoms with Gasteiger partial charge in [0.25, 0.3) is 11.6 Å². The number of ether oxygens (including phenoxy) is 1. The van der Waals surface area contributed by atoms with Gasteiger partial charge in [0.15, 0.2) is 0 Å². The van der Waals surface area contributed by atoms with E-state index in [0.717, 1.165) is 16.5 Å². The van der Waals surface area contributed by atoms with Gasteiger partial charge < -0.3 is 15.0 Å². The van der Waals surface area contributed by atoms with Crippen LogP contribution in [-0.2, 0) is 11.8 Å². The first-order valence-electron chi connectivity index (χ1n) is 8.18. The van der Waals surface area contributed by atoms with Gasteiger partial charge in [0.1, 0.15) is 11.8 Å². The number of benzene rings is 2. The highest BCUT2D eigenvalue weighted by Gasteiger charge is 2.27. The fraction of sp³-hybridized carbons (Fsp3) is 0.211. The summed E-state index contributed by atoms with van der Waals surface area (Å²) in [7, 11) is 1.78. The topological polar surface area (TPSA) is 100 Å². The van der Waals surface area contributed by atoms with Crippen LogP contribution in [0, 0.1) is 10.1 Å². The fourth-order valence-corrected chi connectivity index (χ4v) is 3.27. The van der Waals surface area contributed by atoms with Crippen molar-refractivity contribution in [1.82, 2.24) is 4.57 Å². The summed E-state index contributed by atoms with van der Waals surface area (Å²) in [6, 6.07) is 13.7. The lowest BCUT2D eigenvalue weighted by atomic mass is 9.97. The van der Waals surface area contributed by atoms with Gasteiger partial charge >= 0.3 is 0 Å². The van der Waals surface area contributed by atoms with Crippen LogP contribution in [0.25, 0.3) is 10.9 Å². The van der Waals surface area contributed by atoms with Crippen LogP contribution in [0.1, 0.15) is 34.6 Å². The van der Waals surface area contributed by atoms with E-state index in [1.54, 1.807) is 23.7 Å². The molecule has 0 aliphatic rings. The molecule has 0 saturated carbocycles. The molecule has 7 nitrogen and oxygen atoms in total. The van der Waals surface area contributed by atoms with Crippen molar-refractivity contribution in [3.8, 4) is 0 Å². The fourth-order valence-electron chi connectivity index (χ4n) is 3.27. The molecule has 134 valence electrons. The Morgan fingerprint density at radius 3 is 2.46 bits per heavy atom. The Kier molecular flexibility index (Phi) is 4.73. The second-order valence-corrected chi connectivity index (χ2v) is 5.89. The molecule has 1 atom stereocenters. The van der Waals surface area contributed by atoms with Crippen molar-refractivity contribution in [2.75, 3.05) is 6.61 Å². The lowest BCUT2D eigenvalue weighted by molar-refractivity contribution is -0.384. The number of hydrogen-bond donors (Lipinski definition) is 1. The molecule has 0 saturated heterocycles. The van der Waals surface area contributed by atoms with Crippen molar-refractivity contribution in [2.24, 2.45) is 12.8 Å². The molecule has 2 N–H and O–H groups in total. The van der Waals surface area contributed by atoms with Gasteiger partial charge in [-0.2, -0.15) is 0 Å². The predicted molar refractivity (Wildman–Crippen MR) is 98.0 cm³/mol. The molecule has 1 amide bonds. The number of aryl methyl sites for hydroxylation is 1. The average molecular weight is 353 g/mol. The van der Waals surface area contributed by atoms with Crippen LogP contribution in [0.3, 0.4) is 0 Å². The summed E-state index contributed by atoms with van der Waals surface area (Å²) in [5, 5.41) is 11.8. The number of para-hydroxylation sites is 1. The molecular weight excluding hydrogens is 334 g/mol. The van der Waals surface area contributed by atoms with E-state index in [2.05, 4.69) is 0 Å². The summed E-state index contributed by atoms with van der Waals surface area (Å²) >= 11 is 0. The van der Waals surface area contributed by atoms with Crippen LogP contribution in [0.2, 0.25) is 0 Å². The van der Waals surface area contributed by atoms with E-state index in [1.807, 2.05) is 31.2 Å². The number of amides is 1. The second-order valence-electron chi connectivity index (χ2n) is 5.89. The van der Waals surface area contributed by atoms with Crippen LogP contribution >= 0.6 is 0 Å². The third-order valence-corrected chi connectivity index (χ3v) is 4.38. The molecule has 7 heteroatoms. The van der Waals surface area contributed by atoms with E-state index in [9.17, 15) is 14.9 Å². The van der Waals surface area contributed by atoms with Crippen molar-refractivity contribution >= 4 is 22.5 Å². The normalized spacial score (nSPS) is 12.2. The van der Waals surface area contributed by atoms with Gasteiger partial charge in [0, 0.05) is 42.3 Å². The number of hydrogen-bond acceptors (Lipinski definition) is 4. The number of nitro groups is 1. The number of rotatable bonds is 6. The molecule has 0 fully saturated rings. The number of non-ortho nitro benzene ring substituents is 1. The highest BCUT2D eigenvalue weighted by atomic mass is 16.6. The number of carbonyl (C=O) groups is 1. The molecule has 1 aromatic heterocycles. The van der Waals surface area contributed by atoms with E-state index in [4.69, 9.17) is 10.5 Å². The molecule has 1 heterocycles. The summed E-state index contributed by atoms with van der Waals surface area (Å²) in [4.78, 5) is 22.6. The monoisotopic (exact) mass is 353 g/mol. The van der Waals surface area contributed by atoms with Crippen LogP contribution in [0.5, 0.6) is 0 Å². The lowest BCUT2D eigenvalue weighted by Crippen LogP contribution is -2.19. The largest absolute Gasteiger partial charge is 0.369 e. The molecule has 2 aromatic carbocycles. The Hall–Kier alpha value is -3.19. The Balaban J connectivity index is 2.24. The molecule has 1 unspecified atom stereocenters. The van der Waals surface area contributed by atoms with Crippen LogP contribution in [0.4, 0.5) is 5.69 Å².